The first-order valence-electron chi connectivity index (χ1n) is 0.698. The van der Waals surface area contributed by atoms with Crippen LogP contribution < -0.4 is 0 Å². The zero-order valence-electron chi connectivity index (χ0n) is 2.34. The van der Waals surface area contributed by atoms with Crippen LogP contribution in [-0.2, 0) is 17.2 Å². The summed E-state index contributed by atoms with van der Waals surface area (Å²) < 4.78 is 5.33. The third kappa shape index (κ3) is 29.8. The lowest BCUT2D eigenvalue weighted by Crippen LogP contribution is -1.49. The molecule has 0 aromatic heterocycles. The summed E-state index contributed by atoms with van der Waals surface area (Å²) in [7, 11) is 0. The van der Waals surface area contributed by atoms with Gasteiger partial charge in [-0.1, -0.05) is 0 Å². The van der Waals surface area contributed by atoms with E-state index in [4.69, 9.17) is 14.7 Å². The van der Waals surface area contributed by atoms with E-state index in [1.807, 2.05) is 0 Å². The van der Waals surface area contributed by atoms with Crippen molar-refractivity contribution in [2.45, 2.75) is 0 Å². The van der Waals surface area contributed by atoms with Gasteiger partial charge in [-0.15, -0.1) is 0 Å². The van der Waals surface area contributed by atoms with Crippen molar-refractivity contribution >= 4 is 18.9 Å². The van der Waals surface area contributed by atoms with Gasteiger partial charge >= 0.3 is 0 Å². The van der Waals surface area contributed by atoms with Crippen molar-refractivity contribution in [3.8, 4) is 0 Å². The molecular weight excluding hydrogens is 90.1 g/mol. The number of nitrogens with one attached hydrogen (secondary N) is 1. The van der Waals surface area contributed by atoms with Gasteiger partial charge in [-0.2, -0.15) is 0 Å². The fourth-order valence-corrected chi connectivity index (χ4v) is 0. The van der Waals surface area contributed by atoms with Crippen molar-refractivity contribution in [2.24, 2.45) is 0 Å². The normalized spacial score (nSPS) is 3.20. The van der Waals surface area contributed by atoms with Gasteiger partial charge < -0.3 is 5.11 Å². The van der Waals surface area contributed by atoms with Crippen LogP contribution in [0.5, 0.6) is 0 Å². The Kier molecular flexibility index (Phi) is 159. The highest BCUT2D eigenvalue weighted by atomic mass is 32.1. The molecule has 3 nitrogen and oxygen atoms in total. The number of rotatable bonds is 0. The fraction of sp³-hybridized carbons (Fsp3) is 0. The highest BCUT2D eigenvalue weighted by molar-refractivity contribution is 7.45. The number of carbonyl (C=O) groups is 1. The Morgan fingerprint density at radius 3 is 1.80 bits per heavy atom. The molecule has 0 heterocycles. The molecule has 0 unspecified atom stereocenters. The smallest absolute Gasteiger partial charge is 0.290 e. The van der Waals surface area contributed by atoms with Crippen molar-refractivity contribution in [3.05, 3.63) is 0 Å². The second-order valence-electron chi connectivity index (χ2n) is 0.105. The van der Waals surface area contributed by atoms with Crippen LogP contribution in [0.1, 0.15) is 0 Å². The van der Waals surface area contributed by atoms with Gasteiger partial charge in [0.15, 0.2) is 0 Å². The Morgan fingerprint density at radius 1 is 1.80 bits per heavy atom. The van der Waals surface area contributed by atoms with Gasteiger partial charge in [0.05, 0.1) is 0 Å². The average molecular weight is 93.1 g/mol. The van der Waals surface area contributed by atoms with E-state index in [0.717, 1.165) is 0 Å². The lowest BCUT2D eigenvalue weighted by Gasteiger charge is -1.34. The third-order valence-electron chi connectivity index (χ3n) is 0. The van der Waals surface area contributed by atoms with Crippen LogP contribution in [0.2, 0.25) is 0 Å². The second-order valence-corrected chi connectivity index (χ2v) is 0.105. The van der Waals surface area contributed by atoms with Crippen LogP contribution in [0, 0.1) is 4.78 Å². The number of hydrogen-bond donors (Lipinski definition) is 2. The van der Waals surface area contributed by atoms with E-state index in [2.05, 4.69) is 12.4 Å². The molecule has 0 fully saturated rings. The van der Waals surface area contributed by atoms with Crippen LogP contribution in [0.15, 0.2) is 0 Å². The molecule has 0 spiro atoms. The van der Waals surface area contributed by atoms with E-state index < -0.39 is 0 Å². The maximum absolute atomic E-state index is 8.36. The molecule has 0 rings (SSSR count). The van der Waals surface area contributed by atoms with Crippen LogP contribution in [0.4, 0.5) is 0 Å². The molecule has 0 aromatic carbocycles. The predicted molar refractivity (Wildman–Crippen MR) is 18.8 cm³/mol. The van der Waals surface area contributed by atoms with Crippen molar-refractivity contribution in [1.82, 2.24) is 0 Å². The molecule has 4 heteroatoms. The van der Waals surface area contributed by atoms with Gasteiger partial charge in [-0.25, -0.2) is 4.78 Å². The van der Waals surface area contributed by atoms with Crippen LogP contribution in [0.3, 0.4) is 0 Å². The molecule has 0 amide bonds. The number of hydrogen-bond acceptors (Lipinski definition) is 3. The summed E-state index contributed by atoms with van der Waals surface area (Å²) in [5.74, 6) is 0. The molecule has 0 aliphatic heterocycles. The van der Waals surface area contributed by atoms with Crippen molar-refractivity contribution in [1.29, 1.82) is 4.78 Å². The quantitative estimate of drug-likeness (QED) is 0.414. The minimum atomic E-state index is -0.250. The summed E-state index contributed by atoms with van der Waals surface area (Å²) in [6.07, 6.45) is 0. The second kappa shape index (κ2) is 90.1. The van der Waals surface area contributed by atoms with E-state index in [0.29, 0.717) is 0 Å². The summed E-state index contributed by atoms with van der Waals surface area (Å²) in [4.78, 5) is 8.36. The number of carboxylic acid groups (broad SMARTS) is 1. The van der Waals surface area contributed by atoms with Gasteiger partial charge in [-0.05, 0) is 0 Å². The first-order valence-corrected chi connectivity index (χ1v) is 1.11. The van der Waals surface area contributed by atoms with Gasteiger partial charge in [0.1, 0.15) is 0 Å². The summed E-state index contributed by atoms with van der Waals surface area (Å²) in [5, 5.41) is 6.89. The lowest BCUT2D eigenvalue weighted by molar-refractivity contribution is -0.122. The third-order valence-corrected chi connectivity index (χ3v) is 0. The highest BCUT2D eigenvalue weighted by Gasteiger charge is 1.22. The minimum absolute atomic E-state index is 0.250. The Labute approximate surface area is 34.6 Å². The largest absolute Gasteiger partial charge is 0.483 e. The summed E-state index contributed by atoms with van der Waals surface area (Å²) in [6, 6.07) is 0. The first-order chi connectivity index (χ1) is 2.41. The van der Waals surface area contributed by atoms with Crippen molar-refractivity contribution in [2.75, 3.05) is 0 Å². The Hall–Kier alpha value is -0.510. The van der Waals surface area contributed by atoms with E-state index in [-0.39, 0.29) is 6.47 Å². The molecule has 0 saturated heterocycles. The molecule has 0 saturated carbocycles. The molecule has 2 N–H and O–H groups in total. The van der Waals surface area contributed by atoms with Gasteiger partial charge in [0.2, 0.25) is 0 Å². The average Bonchev–Trinajstić information content (AvgIpc) is 1.46. The van der Waals surface area contributed by atoms with Gasteiger partial charge in [-0.3, -0.25) is 4.79 Å². The van der Waals surface area contributed by atoms with E-state index in [1.165, 1.54) is 0 Å². The maximum atomic E-state index is 8.36. The molecule has 0 radical (unpaired) electrons. The minimum Gasteiger partial charge on any atom is -0.483 e. The van der Waals surface area contributed by atoms with E-state index in [1.54, 1.807) is 0 Å². The van der Waals surface area contributed by atoms with E-state index in [9.17, 15) is 0 Å². The molecule has 30 valence electrons. The van der Waals surface area contributed by atoms with E-state index >= 15 is 0 Å². The molecule has 5 heavy (non-hydrogen) atoms. The monoisotopic (exact) mass is 93.0 g/mol. The topological polar surface area (TPSA) is 61.2 Å². The summed E-state index contributed by atoms with van der Waals surface area (Å²) >= 11 is 3.33. The fourth-order valence-electron chi connectivity index (χ4n) is 0. The Balaban J connectivity index is 0. The molecular formula is CH3NO2S. The van der Waals surface area contributed by atoms with Crippen LogP contribution in [0.25, 0.3) is 0 Å². The predicted octanol–water partition coefficient (Wildman–Crippen LogP) is -0.00353. The maximum Gasteiger partial charge on any atom is 0.290 e. The van der Waals surface area contributed by atoms with Crippen molar-refractivity contribution < 1.29 is 9.90 Å². The van der Waals surface area contributed by atoms with Gasteiger partial charge in [0.25, 0.3) is 6.47 Å². The molecule has 0 aromatic rings. The molecule has 0 aliphatic carbocycles. The SMILES string of the molecule is N=S.O=CO. The standard InChI is InChI=1S/CH2O2.HNS/c2-1-3;1-2/h1H,(H,2,3);1H. The Bertz CT molecular complexity index is 23.6. The first kappa shape index (κ1) is 8.82. The Morgan fingerprint density at radius 2 is 1.80 bits per heavy atom. The molecule has 0 aliphatic rings. The summed E-state index contributed by atoms with van der Waals surface area (Å²) in [5.41, 5.74) is 0. The molecule has 0 atom stereocenters. The van der Waals surface area contributed by atoms with Gasteiger partial charge in [0, 0.05) is 12.4 Å². The highest BCUT2D eigenvalue weighted by Crippen LogP contribution is 0.966. The summed E-state index contributed by atoms with van der Waals surface area (Å²) in [6.45, 7) is -0.250. The van der Waals surface area contributed by atoms with Crippen LogP contribution in [-0.4, -0.2) is 11.6 Å². The van der Waals surface area contributed by atoms with Crippen molar-refractivity contribution in [3.63, 3.8) is 0 Å². The zero-order chi connectivity index (χ0) is 4.71. The molecule has 0 bridgehead atoms. The van der Waals surface area contributed by atoms with Crippen LogP contribution >= 0.6 is 0 Å². The zero-order valence-corrected chi connectivity index (χ0v) is 3.16. The lowest BCUT2D eigenvalue weighted by atomic mass is 11.7.